The van der Waals surface area contributed by atoms with E-state index in [9.17, 15) is 4.79 Å². The Morgan fingerprint density at radius 3 is 2.50 bits per heavy atom. The highest BCUT2D eigenvalue weighted by Gasteiger charge is 2.50. The van der Waals surface area contributed by atoms with Gasteiger partial charge in [0.1, 0.15) is 0 Å². The summed E-state index contributed by atoms with van der Waals surface area (Å²) < 4.78 is 0. The lowest BCUT2D eigenvalue weighted by Gasteiger charge is -2.41. The number of likely N-dealkylation sites (N-methyl/N-ethyl adjacent to an activating group) is 1. The molecule has 3 aliphatic heterocycles. The summed E-state index contributed by atoms with van der Waals surface area (Å²) in [6.45, 7) is 0.844. The number of amides is 2. The fraction of sp³-hybridized carbons (Fsp3) is 0.900. The zero-order chi connectivity index (χ0) is 9.76. The molecule has 0 saturated carbocycles. The van der Waals surface area contributed by atoms with Crippen LogP contribution in [-0.2, 0) is 0 Å². The number of fused-ring (bicyclic) bond motifs is 2. The molecule has 3 heterocycles. The fourth-order valence-electron chi connectivity index (χ4n) is 3.34. The second kappa shape index (κ2) is 2.63. The SMILES string of the molecule is CN1C(=O)NCC12CC1CCC(C2)N1. The molecule has 0 aliphatic carbocycles. The Bertz CT molecular complexity index is 267. The van der Waals surface area contributed by atoms with E-state index in [1.807, 2.05) is 11.9 Å². The van der Waals surface area contributed by atoms with Crippen molar-refractivity contribution in [1.29, 1.82) is 0 Å². The van der Waals surface area contributed by atoms with Crippen LogP contribution in [0.5, 0.6) is 0 Å². The Labute approximate surface area is 84.0 Å². The van der Waals surface area contributed by atoms with Crippen LogP contribution in [0.25, 0.3) is 0 Å². The predicted octanol–water partition coefficient (Wildman–Crippen LogP) is 0.295. The summed E-state index contributed by atoms with van der Waals surface area (Å²) >= 11 is 0. The van der Waals surface area contributed by atoms with Crippen molar-refractivity contribution in [2.24, 2.45) is 0 Å². The maximum absolute atomic E-state index is 11.5. The minimum atomic E-state index is 0.103. The number of hydrogen-bond donors (Lipinski definition) is 2. The Kier molecular flexibility index (Phi) is 1.60. The van der Waals surface area contributed by atoms with Gasteiger partial charge < -0.3 is 15.5 Å². The van der Waals surface area contributed by atoms with Crippen molar-refractivity contribution >= 4 is 6.03 Å². The fourth-order valence-corrected chi connectivity index (χ4v) is 3.34. The maximum atomic E-state index is 11.5. The van der Waals surface area contributed by atoms with Crippen molar-refractivity contribution in [3.8, 4) is 0 Å². The summed E-state index contributed by atoms with van der Waals surface area (Å²) in [5, 5.41) is 6.57. The van der Waals surface area contributed by atoms with Gasteiger partial charge in [-0.15, -0.1) is 0 Å². The smallest absolute Gasteiger partial charge is 0.317 e. The van der Waals surface area contributed by atoms with Crippen molar-refractivity contribution in [3.63, 3.8) is 0 Å². The summed E-state index contributed by atoms with van der Waals surface area (Å²) in [5.74, 6) is 0. The number of urea groups is 1. The van der Waals surface area contributed by atoms with E-state index in [0.717, 1.165) is 19.4 Å². The minimum absolute atomic E-state index is 0.103. The van der Waals surface area contributed by atoms with Gasteiger partial charge in [-0.2, -0.15) is 0 Å². The molecule has 3 rings (SSSR count). The first-order valence-corrected chi connectivity index (χ1v) is 5.47. The first kappa shape index (κ1) is 8.53. The third kappa shape index (κ3) is 1.00. The molecule has 4 nitrogen and oxygen atoms in total. The van der Waals surface area contributed by atoms with Gasteiger partial charge in [0.2, 0.25) is 0 Å². The van der Waals surface area contributed by atoms with Gasteiger partial charge in [-0.1, -0.05) is 0 Å². The first-order chi connectivity index (χ1) is 6.70. The Hall–Kier alpha value is -0.770. The van der Waals surface area contributed by atoms with Crippen LogP contribution < -0.4 is 10.6 Å². The molecular formula is C10H17N3O. The summed E-state index contributed by atoms with van der Waals surface area (Å²) in [4.78, 5) is 13.4. The summed E-state index contributed by atoms with van der Waals surface area (Å²) in [5.41, 5.74) is 0.119. The van der Waals surface area contributed by atoms with Crippen molar-refractivity contribution in [2.75, 3.05) is 13.6 Å². The molecule has 2 atom stereocenters. The summed E-state index contributed by atoms with van der Waals surface area (Å²) in [7, 11) is 1.94. The molecule has 2 unspecified atom stereocenters. The number of carbonyl (C=O) groups excluding carboxylic acids is 1. The van der Waals surface area contributed by atoms with Gasteiger partial charge in [0.25, 0.3) is 0 Å². The van der Waals surface area contributed by atoms with Crippen LogP contribution >= 0.6 is 0 Å². The molecule has 1 spiro atoms. The molecule has 0 aromatic rings. The van der Waals surface area contributed by atoms with E-state index < -0.39 is 0 Å². The van der Waals surface area contributed by atoms with Crippen molar-refractivity contribution in [2.45, 2.75) is 43.3 Å². The van der Waals surface area contributed by atoms with Gasteiger partial charge in [0, 0.05) is 25.7 Å². The lowest BCUT2D eigenvalue weighted by atomic mass is 9.84. The van der Waals surface area contributed by atoms with E-state index in [4.69, 9.17) is 0 Å². The molecule has 0 radical (unpaired) electrons. The van der Waals surface area contributed by atoms with Crippen LogP contribution in [0.4, 0.5) is 4.79 Å². The maximum Gasteiger partial charge on any atom is 0.317 e. The second-order valence-electron chi connectivity index (χ2n) is 4.99. The summed E-state index contributed by atoms with van der Waals surface area (Å²) in [6.07, 6.45) is 4.82. The van der Waals surface area contributed by atoms with Gasteiger partial charge in [-0.25, -0.2) is 4.79 Å². The minimum Gasteiger partial charge on any atom is -0.336 e. The monoisotopic (exact) mass is 195 g/mol. The van der Waals surface area contributed by atoms with Crippen LogP contribution in [0.15, 0.2) is 0 Å². The van der Waals surface area contributed by atoms with Crippen LogP contribution in [0.1, 0.15) is 25.7 Å². The average molecular weight is 195 g/mol. The molecule has 3 saturated heterocycles. The van der Waals surface area contributed by atoms with E-state index in [0.29, 0.717) is 12.1 Å². The quantitative estimate of drug-likeness (QED) is 0.583. The number of rotatable bonds is 0. The predicted molar refractivity (Wildman–Crippen MR) is 53.1 cm³/mol. The number of nitrogens with zero attached hydrogens (tertiary/aromatic N) is 1. The standard InChI is InChI=1S/C10H17N3O/c1-13-9(14)11-6-10(13)4-7-2-3-8(5-10)12-7/h7-8,12H,2-6H2,1H3,(H,11,14). The van der Waals surface area contributed by atoms with Crippen LogP contribution in [0.3, 0.4) is 0 Å². The van der Waals surface area contributed by atoms with Crippen molar-refractivity contribution < 1.29 is 4.79 Å². The molecule has 3 fully saturated rings. The number of nitrogens with one attached hydrogen (secondary N) is 2. The number of hydrogen-bond acceptors (Lipinski definition) is 2. The third-order valence-electron chi connectivity index (χ3n) is 4.17. The lowest BCUT2D eigenvalue weighted by molar-refractivity contribution is 0.125. The van der Waals surface area contributed by atoms with Crippen LogP contribution in [0, 0.1) is 0 Å². The summed E-state index contributed by atoms with van der Waals surface area (Å²) in [6, 6.07) is 1.39. The molecule has 2 amide bonds. The molecular weight excluding hydrogens is 178 g/mol. The van der Waals surface area contributed by atoms with Crippen LogP contribution in [-0.4, -0.2) is 42.1 Å². The normalized spacial score (nSPS) is 46.1. The van der Waals surface area contributed by atoms with Gasteiger partial charge in [0.05, 0.1) is 5.54 Å². The first-order valence-electron chi connectivity index (χ1n) is 5.47. The van der Waals surface area contributed by atoms with Crippen LogP contribution in [0.2, 0.25) is 0 Å². The highest BCUT2D eigenvalue weighted by atomic mass is 16.2. The van der Waals surface area contributed by atoms with Gasteiger partial charge in [-0.05, 0) is 25.7 Å². The number of carbonyl (C=O) groups is 1. The lowest BCUT2D eigenvalue weighted by Crippen LogP contribution is -2.56. The zero-order valence-corrected chi connectivity index (χ0v) is 8.55. The van der Waals surface area contributed by atoms with E-state index >= 15 is 0 Å². The van der Waals surface area contributed by atoms with E-state index in [1.165, 1.54) is 12.8 Å². The molecule has 78 valence electrons. The van der Waals surface area contributed by atoms with Gasteiger partial charge >= 0.3 is 6.03 Å². The highest BCUT2D eigenvalue weighted by molar-refractivity contribution is 5.77. The average Bonchev–Trinajstić information content (AvgIpc) is 2.64. The Morgan fingerprint density at radius 2 is 2.00 bits per heavy atom. The van der Waals surface area contributed by atoms with Gasteiger partial charge in [-0.3, -0.25) is 0 Å². The topological polar surface area (TPSA) is 44.4 Å². The molecule has 3 aliphatic rings. The zero-order valence-electron chi connectivity index (χ0n) is 8.55. The molecule has 0 aromatic heterocycles. The third-order valence-corrected chi connectivity index (χ3v) is 4.17. The molecule has 14 heavy (non-hydrogen) atoms. The molecule has 0 aromatic carbocycles. The van der Waals surface area contributed by atoms with E-state index in [2.05, 4.69) is 10.6 Å². The van der Waals surface area contributed by atoms with Crippen molar-refractivity contribution in [1.82, 2.24) is 15.5 Å². The van der Waals surface area contributed by atoms with Gasteiger partial charge in [0.15, 0.2) is 0 Å². The molecule has 2 N–H and O–H groups in total. The largest absolute Gasteiger partial charge is 0.336 e. The van der Waals surface area contributed by atoms with Crippen molar-refractivity contribution in [3.05, 3.63) is 0 Å². The highest BCUT2D eigenvalue weighted by Crippen LogP contribution is 2.38. The van der Waals surface area contributed by atoms with E-state index in [-0.39, 0.29) is 11.6 Å². The molecule has 2 bridgehead atoms. The second-order valence-corrected chi connectivity index (χ2v) is 4.99. The number of piperidine rings is 1. The Morgan fingerprint density at radius 1 is 1.36 bits per heavy atom. The Balaban J connectivity index is 1.87. The van der Waals surface area contributed by atoms with E-state index in [1.54, 1.807) is 0 Å². The molecule has 4 heteroatoms.